The monoisotopic (exact) mass is 369 g/mol. The van der Waals surface area contributed by atoms with Crippen molar-refractivity contribution in [3.05, 3.63) is 64.8 Å². The number of H-pyrrole nitrogens is 1. The number of fused-ring (bicyclic) bond motifs is 3. The van der Waals surface area contributed by atoms with Gasteiger partial charge in [0, 0.05) is 23.1 Å². The lowest BCUT2D eigenvalue weighted by molar-refractivity contribution is 0.291. The van der Waals surface area contributed by atoms with Crippen molar-refractivity contribution in [1.82, 2.24) is 9.88 Å². The van der Waals surface area contributed by atoms with Crippen LogP contribution in [0.1, 0.15) is 30.6 Å². The van der Waals surface area contributed by atoms with Gasteiger partial charge in [-0.15, -0.1) is 0 Å². The number of nitrogens with zero attached hydrogens (tertiary/aromatic N) is 1. The van der Waals surface area contributed by atoms with Crippen LogP contribution >= 0.6 is 23.8 Å². The summed E-state index contributed by atoms with van der Waals surface area (Å²) in [6.07, 6.45) is 1.98. The minimum absolute atomic E-state index is 0.249. The van der Waals surface area contributed by atoms with Crippen LogP contribution in [0.25, 0.3) is 10.9 Å². The summed E-state index contributed by atoms with van der Waals surface area (Å²) in [7, 11) is 0. The molecule has 2 N–H and O–H groups in total. The van der Waals surface area contributed by atoms with Gasteiger partial charge in [-0.3, -0.25) is 0 Å². The van der Waals surface area contributed by atoms with E-state index < -0.39 is 0 Å². The third-order valence-electron chi connectivity index (χ3n) is 4.92. The fraction of sp³-hybridized carbons (Fsp3) is 0.250. The highest BCUT2D eigenvalue weighted by Crippen LogP contribution is 2.36. The maximum atomic E-state index is 6.27. The average Bonchev–Trinajstić information content (AvgIpc) is 3.01. The van der Waals surface area contributed by atoms with Gasteiger partial charge in [-0.2, -0.15) is 0 Å². The average molecular weight is 370 g/mol. The van der Waals surface area contributed by atoms with Crippen molar-refractivity contribution in [3.63, 3.8) is 0 Å². The van der Waals surface area contributed by atoms with Crippen molar-refractivity contribution >= 4 is 45.5 Å². The molecule has 0 amide bonds. The Kier molecular flexibility index (Phi) is 4.40. The van der Waals surface area contributed by atoms with Crippen LogP contribution in [-0.2, 0) is 6.42 Å². The van der Waals surface area contributed by atoms with Gasteiger partial charge in [0.25, 0.3) is 0 Å². The number of thiocarbonyl (C=S) groups is 1. The molecule has 1 aliphatic heterocycles. The van der Waals surface area contributed by atoms with Crippen LogP contribution in [0.3, 0.4) is 0 Å². The molecule has 1 aromatic heterocycles. The van der Waals surface area contributed by atoms with Crippen molar-refractivity contribution < 1.29 is 0 Å². The topological polar surface area (TPSA) is 31.1 Å². The Hall–Kier alpha value is -2.04. The van der Waals surface area contributed by atoms with E-state index in [4.69, 9.17) is 23.8 Å². The first-order valence-corrected chi connectivity index (χ1v) is 9.39. The van der Waals surface area contributed by atoms with E-state index in [0.717, 1.165) is 30.2 Å². The number of benzene rings is 2. The van der Waals surface area contributed by atoms with Crippen LogP contribution in [0.2, 0.25) is 5.02 Å². The SMILES string of the molecule is CCC1c2[nH]c3ccccc3c2CCN1C(=S)Nc1ccccc1Cl. The van der Waals surface area contributed by atoms with E-state index in [2.05, 4.69) is 46.4 Å². The highest BCUT2D eigenvalue weighted by molar-refractivity contribution is 7.80. The van der Waals surface area contributed by atoms with E-state index in [0.29, 0.717) is 5.02 Å². The van der Waals surface area contributed by atoms with Crippen molar-refractivity contribution in [2.75, 3.05) is 11.9 Å². The summed E-state index contributed by atoms with van der Waals surface area (Å²) in [6.45, 7) is 3.11. The van der Waals surface area contributed by atoms with E-state index in [1.165, 1.54) is 22.2 Å². The molecular formula is C20H20ClN3S. The molecule has 0 spiro atoms. The molecule has 3 aromatic rings. The molecule has 1 atom stereocenters. The molecule has 0 aliphatic carbocycles. The van der Waals surface area contributed by atoms with Gasteiger partial charge in [0.2, 0.25) is 0 Å². The summed E-state index contributed by atoms with van der Waals surface area (Å²) >= 11 is 12.0. The number of hydrogen-bond acceptors (Lipinski definition) is 1. The maximum absolute atomic E-state index is 6.27. The van der Waals surface area contributed by atoms with E-state index in [-0.39, 0.29) is 6.04 Å². The Labute approximate surface area is 158 Å². The van der Waals surface area contributed by atoms with Gasteiger partial charge in [-0.25, -0.2) is 0 Å². The summed E-state index contributed by atoms with van der Waals surface area (Å²) in [4.78, 5) is 5.90. The molecule has 0 saturated carbocycles. The number of anilines is 1. The van der Waals surface area contributed by atoms with Crippen LogP contribution in [0.15, 0.2) is 48.5 Å². The van der Waals surface area contributed by atoms with Gasteiger partial charge in [-0.1, -0.05) is 48.9 Å². The number of halogens is 1. The smallest absolute Gasteiger partial charge is 0.174 e. The highest BCUT2D eigenvalue weighted by Gasteiger charge is 2.30. The molecule has 128 valence electrons. The molecule has 25 heavy (non-hydrogen) atoms. The molecule has 0 bridgehead atoms. The Morgan fingerprint density at radius 3 is 2.80 bits per heavy atom. The van der Waals surface area contributed by atoms with E-state index >= 15 is 0 Å². The van der Waals surface area contributed by atoms with Crippen LogP contribution < -0.4 is 5.32 Å². The van der Waals surface area contributed by atoms with Gasteiger partial charge in [-0.05, 0) is 48.8 Å². The van der Waals surface area contributed by atoms with Gasteiger partial charge >= 0.3 is 0 Å². The normalized spacial score (nSPS) is 16.7. The number of rotatable bonds is 2. The largest absolute Gasteiger partial charge is 0.356 e. The predicted molar refractivity (Wildman–Crippen MR) is 109 cm³/mol. The first-order chi connectivity index (χ1) is 12.2. The molecule has 2 aromatic carbocycles. The number of hydrogen-bond donors (Lipinski definition) is 2. The number of nitrogens with one attached hydrogen (secondary N) is 2. The quantitative estimate of drug-likeness (QED) is 0.582. The second-order valence-electron chi connectivity index (χ2n) is 6.34. The summed E-state index contributed by atoms with van der Waals surface area (Å²) in [5.74, 6) is 0. The molecule has 4 rings (SSSR count). The van der Waals surface area contributed by atoms with Gasteiger partial charge < -0.3 is 15.2 Å². The minimum Gasteiger partial charge on any atom is -0.356 e. The maximum Gasteiger partial charge on any atom is 0.174 e. The zero-order valence-corrected chi connectivity index (χ0v) is 15.6. The fourth-order valence-corrected chi connectivity index (χ4v) is 4.25. The van der Waals surface area contributed by atoms with Crippen LogP contribution in [0, 0.1) is 0 Å². The summed E-state index contributed by atoms with van der Waals surface area (Å²) in [5, 5.41) is 6.06. The lowest BCUT2D eigenvalue weighted by atomic mass is 9.96. The summed E-state index contributed by atoms with van der Waals surface area (Å²) < 4.78 is 0. The molecule has 2 heterocycles. The van der Waals surface area contributed by atoms with E-state index in [1.807, 2.05) is 24.3 Å². The lowest BCUT2D eigenvalue weighted by Crippen LogP contribution is -2.42. The van der Waals surface area contributed by atoms with Crippen molar-refractivity contribution in [3.8, 4) is 0 Å². The van der Waals surface area contributed by atoms with Crippen LogP contribution in [0.4, 0.5) is 5.69 Å². The number of aromatic amines is 1. The molecular weight excluding hydrogens is 350 g/mol. The second-order valence-corrected chi connectivity index (χ2v) is 7.13. The first kappa shape index (κ1) is 16.4. The molecule has 1 aliphatic rings. The molecule has 1 unspecified atom stereocenters. The van der Waals surface area contributed by atoms with Crippen molar-refractivity contribution in [2.45, 2.75) is 25.8 Å². The van der Waals surface area contributed by atoms with Crippen molar-refractivity contribution in [2.24, 2.45) is 0 Å². The number of aromatic nitrogens is 1. The highest BCUT2D eigenvalue weighted by atomic mass is 35.5. The minimum atomic E-state index is 0.249. The fourth-order valence-electron chi connectivity index (χ4n) is 3.74. The zero-order valence-electron chi connectivity index (χ0n) is 14.1. The van der Waals surface area contributed by atoms with Gasteiger partial charge in [0.1, 0.15) is 0 Å². The summed E-state index contributed by atoms with van der Waals surface area (Å²) in [6, 6.07) is 16.5. The van der Waals surface area contributed by atoms with Gasteiger partial charge in [0.05, 0.1) is 16.8 Å². The Morgan fingerprint density at radius 1 is 1.24 bits per heavy atom. The third-order valence-corrected chi connectivity index (χ3v) is 5.59. The molecule has 0 fully saturated rings. The van der Waals surface area contributed by atoms with Crippen molar-refractivity contribution in [1.29, 1.82) is 0 Å². The van der Waals surface area contributed by atoms with E-state index in [1.54, 1.807) is 0 Å². The van der Waals surface area contributed by atoms with E-state index in [9.17, 15) is 0 Å². The summed E-state index contributed by atoms with van der Waals surface area (Å²) in [5.41, 5.74) is 4.78. The number of para-hydroxylation sites is 2. The zero-order chi connectivity index (χ0) is 17.4. The Morgan fingerprint density at radius 2 is 2.00 bits per heavy atom. The van der Waals surface area contributed by atoms with Crippen LogP contribution in [-0.4, -0.2) is 21.5 Å². The molecule has 0 radical (unpaired) electrons. The Bertz CT molecular complexity index is 934. The lowest BCUT2D eigenvalue weighted by Gasteiger charge is -2.37. The first-order valence-electron chi connectivity index (χ1n) is 8.60. The van der Waals surface area contributed by atoms with Crippen LogP contribution in [0.5, 0.6) is 0 Å². The molecule has 5 heteroatoms. The second kappa shape index (κ2) is 6.70. The van der Waals surface area contributed by atoms with Gasteiger partial charge in [0.15, 0.2) is 5.11 Å². The molecule has 3 nitrogen and oxygen atoms in total. The predicted octanol–water partition coefficient (Wildman–Crippen LogP) is 5.53. The standard InChI is InChI=1S/C20H20ClN3S/c1-2-18-19-14(13-7-3-5-9-16(13)22-19)11-12-24(18)20(25)23-17-10-6-4-8-15(17)21/h3-10,18,22H,2,11-12H2,1H3,(H,23,25). The third kappa shape index (κ3) is 2.90. The molecule has 0 saturated heterocycles. The Balaban J connectivity index is 1.65.